The van der Waals surface area contributed by atoms with Crippen LogP contribution in [0, 0.1) is 0 Å². The minimum atomic E-state index is -0.367. The standard InChI is InChI=1S/C26H32N4O5/c1-18(24(29-32-3)19-13-15-22(16-14-19)35-21-10-6-7-11-21)28-34-17-20-9-5-8-12-23(20)25(30-33-4)26(31)27-2/h5,8-9,12-16,21H,6-7,10-11,17H2,1-4H3,(H,27,31). The van der Waals surface area contributed by atoms with Gasteiger partial charge in [0, 0.05) is 23.7 Å². The lowest BCUT2D eigenvalue weighted by molar-refractivity contribution is -0.114. The zero-order valence-electron chi connectivity index (χ0n) is 20.6. The minimum absolute atomic E-state index is 0.113. The third kappa shape index (κ3) is 7.05. The maximum Gasteiger partial charge on any atom is 0.273 e. The van der Waals surface area contributed by atoms with Gasteiger partial charge in [0.05, 0.1) is 6.10 Å². The topological polar surface area (TPSA) is 103 Å². The first-order chi connectivity index (χ1) is 17.1. The number of likely N-dealkylation sites (N-methyl/N-ethyl adjacent to an activating group) is 1. The van der Waals surface area contributed by atoms with Gasteiger partial charge in [-0.2, -0.15) is 0 Å². The average Bonchev–Trinajstić information content (AvgIpc) is 3.39. The number of amides is 1. The molecule has 0 aliphatic heterocycles. The van der Waals surface area contributed by atoms with Crippen molar-refractivity contribution in [3.05, 3.63) is 65.2 Å². The molecule has 1 aliphatic rings. The van der Waals surface area contributed by atoms with Gasteiger partial charge in [-0.3, -0.25) is 4.79 Å². The van der Waals surface area contributed by atoms with Crippen LogP contribution >= 0.6 is 0 Å². The molecule has 0 atom stereocenters. The Kier molecular flexibility index (Phi) is 9.65. The fourth-order valence-electron chi connectivity index (χ4n) is 3.85. The van der Waals surface area contributed by atoms with Crippen LogP contribution in [0.5, 0.6) is 5.75 Å². The second kappa shape index (κ2) is 13.1. The molecule has 1 amide bonds. The monoisotopic (exact) mass is 480 g/mol. The summed E-state index contributed by atoms with van der Waals surface area (Å²) in [6.45, 7) is 1.90. The van der Waals surface area contributed by atoms with Crippen LogP contribution in [0.2, 0.25) is 0 Å². The van der Waals surface area contributed by atoms with E-state index in [9.17, 15) is 4.79 Å². The molecule has 0 heterocycles. The number of hydrogen-bond acceptors (Lipinski definition) is 8. The molecule has 0 radical (unpaired) electrons. The van der Waals surface area contributed by atoms with Gasteiger partial charge in [-0.1, -0.05) is 39.7 Å². The lowest BCUT2D eigenvalue weighted by Gasteiger charge is -2.13. The van der Waals surface area contributed by atoms with E-state index in [1.165, 1.54) is 34.1 Å². The summed E-state index contributed by atoms with van der Waals surface area (Å²) in [4.78, 5) is 27.8. The molecule has 1 saturated carbocycles. The lowest BCUT2D eigenvalue weighted by Crippen LogP contribution is -2.29. The zero-order chi connectivity index (χ0) is 25.0. The predicted octanol–water partition coefficient (Wildman–Crippen LogP) is 4.05. The smallest absolute Gasteiger partial charge is 0.273 e. The number of hydrogen-bond donors (Lipinski definition) is 1. The van der Waals surface area contributed by atoms with Crippen LogP contribution in [0.1, 0.15) is 49.3 Å². The average molecular weight is 481 g/mol. The van der Waals surface area contributed by atoms with Crippen LogP contribution in [0.3, 0.4) is 0 Å². The summed E-state index contributed by atoms with van der Waals surface area (Å²) >= 11 is 0. The predicted molar refractivity (Wildman–Crippen MR) is 135 cm³/mol. The van der Waals surface area contributed by atoms with E-state index < -0.39 is 0 Å². The van der Waals surface area contributed by atoms with Gasteiger partial charge in [-0.05, 0) is 56.9 Å². The van der Waals surface area contributed by atoms with E-state index in [1.54, 1.807) is 13.0 Å². The Bertz CT molecular complexity index is 1070. The number of oxime groups is 3. The summed E-state index contributed by atoms with van der Waals surface area (Å²) in [7, 11) is 4.40. The summed E-state index contributed by atoms with van der Waals surface area (Å²) in [5.74, 6) is 0.471. The molecule has 0 unspecified atom stereocenters. The van der Waals surface area contributed by atoms with Crippen LogP contribution in [0.25, 0.3) is 0 Å². The molecule has 9 heteroatoms. The second-order valence-electron chi connectivity index (χ2n) is 7.98. The highest BCUT2D eigenvalue weighted by Gasteiger charge is 2.18. The van der Waals surface area contributed by atoms with Crippen LogP contribution in [0.4, 0.5) is 0 Å². The SMILES string of the molecule is CNC(=O)C(=NOC)c1ccccc1CON=C(C)C(=NOC)c1ccc(OC2CCCC2)cc1. The van der Waals surface area contributed by atoms with Gasteiger partial charge in [0.2, 0.25) is 0 Å². The van der Waals surface area contributed by atoms with Gasteiger partial charge in [0.25, 0.3) is 5.91 Å². The molecule has 2 aromatic carbocycles. The van der Waals surface area contributed by atoms with Crippen LogP contribution in [-0.4, -0.2) is 50.4 Å². The third-order valence-corrected chi connectivity index (χ3v) is 5.58. The molecule has 35 heavy (non-hydrogen) atoms. The number of nitrogens with one attached hydrogen (secondary N) is 1. The molecule has 1 aliphatic carbocycles. The molecule has 2 aromatic rings. The van der Waals surface area contributed by atoms with Gasteiger partial charge >= 0.3 is 0 Å². The Labute approximate surface area is 205 Å². The van der Waals surface area contributed by atoms with E-state index in [4.69, 9.17) is 19.2 Å². The Balaban J connectivity index is 1.72. The first-order valence-corrected chi connectivity index (χ1v) is 11.5. The van der Waals surface area contributed by atoms with E-state index in [0.29, 0.717) is 23.1 Å². The maximum atomic E-state index is 12.2. The van der Waals surface area contributed by atoms with Crippen molar-refractivity contribution >= 4 is 23.0 Å². The highest BCUT2D eigenvalue weighted by molar-refractivity contribution is 6.47. The molecule has 186 valence electrons. The van der Waals surface area contributed by atoms with Crippen molar-refractivity contribution in [3.8, 4) is 5.75 Å². The van der Waals surface area contributed by atoms with E-state index in [2.05, 4.69) is 20.8 Å². The molecule has 0 saturated heterocycles. The highest BCUT2D eigenvalue weighted by atomic mass is 16.6. The van der Waals surface area contributed by atoms with Crippen LogP contribution < -0.4 is 10.1 Å². The van der Waals surface area contributed by atoms with E-state index in [0.717, 1.165) is 29.7 Å². The largest absolute Gasteiger partial charge is 0.490 e. The Morgan fingerprint density at radius 3 is 2.26 bits per heavy atom. The fourth-order valence-corrected chi connectivity index (χ4v) is 3.85. The van der Waals surface area contributed by atoms with Crippen molar-refractivity contribution in [1.29, 1.82) is 0 Å². The Morgan fingerprint density at radius 2 is 1.60 bits per heavy atom. The van der Waals surface area contributed by atoms with Crippen LogP contribution in [-0.2, 0) is 25.9 Å². The van der Waals surface area contributed by atoms with Crippen molar-refractivity contribution < 1.29 is 24.0 Å². The summed E-state index contributed by atoms with van der Waals surface area (Å²) in [6, 6.07) is 15.0. The fraction of sp³-hybridized carbons (Fsp3) is 0.385. The maximum absolute atomic E-state index is 12.2. The van der Waals surface area contributed by atoms with Gasteiger partial charge in [-0.15, -0.1) is 0 Å². The molecule has 9 nitrogen and oxygen atoms in total. The van der Waals surface area contributed by atoms with E-state index in [1.807, 2.05) is 42.5 Å². The van der Waals surface area contributed by atoms with Crippen molar-refractivity contribution in [2.24, 2.45) is 15.5 Å². The molecule has 0 spiro atoms. The molecule has 1 N–H and O–H groups in total. The normalized spacial score (nSPS) is 15.0. The number of ether oxygens (including phenoxy) is 1. The summed E-state index contributed by atoms with van der Waals surface area (Å²) in [5.41, 5.74) is 3.36. The summed E-state index contributed by atoms with van der Waals surface area (Å²) < 4.78 is 6.04. The zero-order valence-corrected chi connectivity index (χ0v) is 20.6. The highest BCUT2D eigenvalue weighted by Crippen LogP contribution is 2.24. The first kappa shape index (κ1) is 25.7. The lowest BCUT2D eigenvalue weighted by atomic mass is 10.0. The number of carbonyl (C=O) groups excluding carboxylic acids is 1. The van der Waals surface area contributed by atoms with E-state index >= 15 is 0 Å². The minimum Gasteiger partial charge on any atom is -0.490 e. The molecule has 1 fully saturated rings. The first-order valence-electron chi connectivity index (χ1n) is 11.5. The van der Waals surface area contributed by atoms with E-state index in [-0.39, 0.29) is 18.2 Å². The Hall–Kier alpha value is -3.88. The summed E-state index contributed by atoms with van der Waals surface area (Å²) in [6.07, 6.45) is 4.95. The molecular weight excluding hydrogens is 448 g/mol. The van der Waals surface area contributed by atoms with Gasteiger partial charge < -0.3 is 24.6 Å². The number of rotatable bonds is 11. The number of carbonyl (C=O) groups is 1. The summed E-state index contributed by atoms with van der Waals surface area (Å²) in [5, 5.41) is 14.8. The third-order valence-electron chi connectivity index (χ3n) is 5.58. The molecule has 0 bridgehead atoms. The van der Waals surface area contributed by atoms with Gasteiger partial charge in [0.15, 0.2) is 5.71 Å². The van der Waals surface area contributed by atoms with Crippen molar-refractivity contribution in [1.82, 2.24) is 5.32 Å². The number of benzene rings is 2. The molecule has 3 rings (SSSR count). The van der Waals surface area contributed by atoms with Gasteiger partial charge in [0.1, 0.15) is 38.0 Å². The quantitative estimate of drug-likeness (QED) is 0.386. The van der Waals surface area contributed by atoms with Crippen LogP contribution in [0.15, 0.2) is 64.0 Å². The molecular formula is C26H32N4O5. The number of nitrogens with zero attached hydrogens (tertiary/aromatic N) is 3. The molecule has 0 aromatic heterocycles. The van der Waals surface area contributed by atoms with Crippen molar-refractivity contribution in [2.45, 2.75) is 45.3 Å². The van der Waals surface area contributed by atoms with Crippen molar-refractivity contribution in [2.75, 3.05) is 21.3 Å². The van der Waals surface area contributed by atoms with Gasteiger partial charge in [-0.25, -0.2) is 0 Å². The Morgan fingerprint density at radius 1 is 0.943 bits per heavy atom. The van der Waals surface area contributed by atoms with Crippen molar-refractivity contribution in [3.63, 3.8) is 0 Å². The second-order valence-corrected chi connectivity index (χ2v) is 7.98.